The van der Waals surface area contributed by atoms with E-state index in [-0.39, 0.29) is 23.5 Å². The minimum Gasteiger partial charge on any atom is -0.201 e. The van der Waals surface area contributed by atoms with Crippen LogP contribution in [0.4, 0.5) is 8.78 Å². The maximum Gasteiger partial charge on any atom is 0.273 e. The molecule has 1 aromatic carbocycles. The molecule has 0 fully saturated rings. The van der Waals surface area contributed by atoms with Crippen LogP contribution >= 0.6 is 0 Å². The fourth-order valence-corrected chi connectivity index (χ4v) is 1.45. The second-order valence-electron chi connectivity index (χ2n) is 4.00. The summed E-state index contributed by atoms with van der Waals surface area (Å²) in [6.07, 6.45) is -0.193. The fraction of sp³-hybridized carbons (Fsp3) is 0.417. The molecule has 80 valence electrons. The summed E-state index contributed by atoms with van der Waals surface area (Å²) in [5, 5.41) is 8.61. The minimum absolute atomic E-state index is 0.0738. The van der Waals surface area contributed by atoms with Gasteiger partial charge in [-0.3, -0.25) is 0 Å². The van der Waals surface area contributed by atoms with E-state index in [1.807, 2.05) is 6.07 Å². The van der Waals surface area contributed by atoms with E-state index in [1.165, 1.54) is 24.3 Å². The molecular weight excluding hydrogens is 196 g/mol. The Morgan fingerprint density at radius 2 is 2.07 bits per heavy atom. The number of hydrogen-bond donors (Lipinski definition) is 0. The van der Waals surface area contributed by atoms with Gasteiger partial charge in [-0.05, 0) is 18.1 Å². The van der Waals surface area contributed by atoms with Crippen LogP contribution in [0.15, 0.2) is 24.3 Å². The second-order valence-corrected chi connectivity index (χ2v) is 4.00. The molecule has 1 nitrogen and oxygen atoms in total. The van der Waals surface area contributed by atoms with Gasteiger partial charge in [-0.2, -0.15) is 5.26 Å². The largest absolute Gasteiger partial charge is 0.273 e. The van der Waals surface area contributed by atoms with Crippen molar-refractivity contribution in [1.29, 1.82) is 5.26 Å². The highest BCUT2D eigenvalue weighted by atomic mass is 19.3. The minimum atomic E-state index is -2.85. The highest BCUT2D eigenvalue weighted by molar-refractivity contribution is 5.34. The first kappa shape index (κ1) is 11.6. The summed E-state index contributed by atoms with van der Waals surface area (Å²) in [6, 6.07) is 7.49. The summed E-state index contributed by atoms with van der Waals surface area (Å²) >= 11 is 0. The number of rotatable bonds is 3. The van der Waals surface area contributed by atoms with E-state index in [9.17, 15) is 8.78 Å². The number of halogens is 2. The zero-order chi connectivity index (χ0) is 11.5. The maximum atomic E-state index is 13.6. The first-order valence-electron chi connectivity index (χ1n) is 4.84. The first-order valence-corrected chi connectivity index (χ1v) is 4.84. The van der Waals surface area contributed by atoms with Gasteiger partial charge in [0.25, 0.3) is 5.92 Å². The Balaban J connectivity index is 2.99. The van der Waals surface area contributed by atoms with Gasteiger partial charge in [0.15, 0.2) is 0 Å². The normalized spacial score (nSPS) is 11.5. The lowest BCUT2D eigenvalue weighted by Gasteiger charge is -2.18. The summed E-state index contributed by atoms with van der Waals surface area (Å²) in [4.78, 5) is 0. The van der Waals surface area contributed by atoms with E-state index in [0.717, 1.165) is 0 Å². The van der Waals surface area contributed by atoms with Gasteiger partial charge in [0.05, 0.1) is 11.6 Å². The van der Waals surface area contributed by atoms with Crippen LogP contribution in [0.3, 0.4) is 0 Å². The molecule has 0 unspecified atom stereocenters. The zero-order valence-corrected chi connectivity index (χ0v) is 8.80. The lowest BCUT2D eigenvalue weighted by Crippen LogP contribution is -2.16. The molecule has 0 aromatic heterocycles. The standard InChI is InChI=1S/C12H13F2N/c1-9(2)7-12(13,14)11-5-3-4-10(6-11)8-15/h3-6,9H,7H2,1-2H3. The number of nitriles is 1. The third kappa shape index (κ3) is 3.02. The molecule has 0 spiro atoms. The van der Waals surface area contributed by atoms with Crippen LogP contribution in [-0.2, 0) is 5.92 Å². The van der Waals surface area contributed by atoms with Gasteiger partial charge in [-0.25, -0.2) is 8.78 Å². The van der Waals surface area contributed by atoms with Crippen LogP contribution in [0.1, 0.15) is 31.4 Å². The van der Waals surface area contributed by atoms with Crippen LogP contribution in [0.5, 0.6) is 0 Å². The highest BCUT2D eigenvalue weighted by Gasteiger charge is 2.32. The van der Waals surface area contributed by atoms with Crippen LogP contribution in [0.2, 0.25) is 0 Å². The number of hydrogen-bond acceptors (Lipinski definition) is 1. The molecule has 15 heavy (non-hydrogen) atoms. The molecule has 0 radical (unpaired) electrons. The van der Waals surface area contributed by atoms with Crippen LogP contribution in [-0.4, -0.2) is 0 Å². The SMILES string of the molecule is CC(C)CC(F)(F)c1cccc(C#N)c1. The topological polar surface area (TPSA) is 23.8 Å². The van der Waals surface area contributed by atoms with Gasteiger partial charge in [0, 0.05) is 12.0 Å². The third-order valence-corrected chi connectivity index (χ3v) is 2.08. The van der Waals surface area contributed by atoms with Crippen molar-refractivity contribution < 1.29 is 8.78 Å². The summed E-state index contributed by atoms with van der Waals surface area (Å²) in [5.41, 5.74) is 0.200. The van der Waals surface area contributed by atoms with Crippen molar-refractivity contribution in [2.24, 2.45) is 5.92 Å². The lowest BCUT2D eigenvalue weighted by atomic mass is 9.97. The van der Waals surface area contributed by atoms with Crippen molar-refractivity contribution in [3.05, 3.63) is 35.4 Å². The molecule has 0 aliphatic rings. The van der Waals surface area contributed by atoms with Gasteiger partial charge < -0.3 is 0 Å². The Morgan fingerprint density at radius 1 is 1.40 bits per heavy atom. The van der Waals surface area contributed by atoms with Gasteiger partial charge in [0.2, 0.25) is 0 Å². The van der Waals surface area contributed by atoms with E-state index in [1.54, 1.807) is 13.8 Å². The average Bonchev–Trinajstić information content (AvgIpc) is 2.16. The van der Waals surface area contributed by atoms with Gasteiger partial charge in [0.1, 0.15) is 0 Å². The first-order chi connectivity index (χ1) is 6.95. The quantitative estimate of drug-likeness (QED) is 0.744. The van der Waals surface area contributed by atoms with Crippen molar-refractivity contribution >= 4 is 0 Å². The zero-order valence-electron chi connectivity index (χ0n) is 8.80. The molecule has 1 rings (SSSR count). The van der Waals surface area contributed by atoms with E-state index >= 15 is 0 Å². The molecule has 0 saturated heterocycles. The smallest absolute Gasteiger partial charge is 0.201 e. The van der Waals surface area contributed by atoms with E-state index in [0.29, 0.717) is 0 Å². The number of benzene rings is 1. The lowest BCUT2D eigenvalue weighted by molar-refractivity contribution is -0.0249. The molecular formula is C12H13F2N. The molecule has 0 aliphatic heterocycles. The Morgan fingerprint density at radius 3 is 2.60 bits per heavy atom. The number of nitrogens with zero attached hydrogens (tertiary/aromatic N) is 1. The molecule has 0 heterocycles. The van der Waals surface area contributed by atoms with Crippen LogP contribution in [0, 0.1) is 17.2 Å². The fourth-order valence-electron chi connectivity index (χ4n) is 1.45. The Hall–Kier alpha value is -1.43. The molecule has 0 saturated carbocycles. The monoisotopic (exact) mass is 209 g/mol. The average molecular weight is 209 g/mol. The van der Waals surface area contributed by atoms with Crippen LogP contribution in [0.25, 0.3) is 0 Å². The van der Waals surface area contributed by atoms with E-state index in [4.69, 9.17) is 5.26 Å². The molecule has 1 aromatic rings. The van der Waals surface area contributed by atoms with Crippen LogP contribution < -0.4 is 0 Å². The van der Waals surface area contributed by atoms with Crippen molar-refractivity contribution in [2.75, 3.05) is 0 Å². The van der Waals surface area contributed by atoms with Crippen molar-refractivity contribution in [2.45, 2.75) is 26.2 Å². The van der Waals surface area contributed by atoms with Crippen molar-refractivity contribution in [3.8, 4) is 6.07 Å². The summed E-state index contributed by atoms with van der Waals surface area (Å²) < 4.78 is 27.2. The highest BCUT2D eigenvalue weighted by Crippen LogP contribution is 2.34. The Kier molecular flexibility index (Phi) is 3.41. The molecule has 0 amide bonds. The Labute approximate surface area is 88.3 Å². The molecule has 0 aliphatic carbocycles. The maximum absolute atomic E-state index is 13.6. The summed E-state index contributed by atoms with van der Waals surface area (Å²) in [6.45, 7) is 3.50. The molecule has 0 N–H and O–H groups in total. The summed E-state index contributed by atoms with van der Waals surface area (Å²) in [7, 11) is 0. The Bertz CT molecular complexity index is 377. The van der Waals surface area contributed by atoms with Crippen molar-refractivity contribution in [1.82, 2.24) is 0 Å². The molecule has 0 atom stereocenters. The van der Waals surface area contributed by atoms with Gasteiger partial charge in [-0.15, -0.1) is 0 Å². The van der Waals surface area contributed by atoms with E-state index in [2.05, 4.69) is 0 Å². The molecule has 0 bridgehead atoms. The van der Waals surface area contributed by atoms with E-state index < -0.39 is 5.92 Å². The predicted octanol–water partition coefficient (Wildman–Crippen LogP) is 3.70. The second kappa shape index (κ2) is 4.39. The number of alkyl halides is 2. The third-order valence-electron chi connectivity index (χ3n) is 2.08. The predicted molar refractivity (Wildman–Crippen MR) is 54.5 cm³/mol. The van der Waals surface area contributed by atoms with Gasteiger partial charge in [-0.1, -0.05) is 26.0 Å². The van der Waals surface area contributed by atoms with Gasteiger partial charge >= 0.3 is 0 Å². The summed E-state index contributed by atoms with van der Waals surface area (Å²) in [5.74, 6) is -2.92. The van der Waals surface area contributed by atoms with Crippen molar-refractivity contribution in [3.63, 3.8) is 0 Å². The molecule has 3 heteroatoms.